The second-order valence-electron chi connectivity index (χ2n) is 4.18. The van der Waals surface area contributed by atoms with Gasteiger partial charge in [-0.2, -0.15) is 10.2 Å². The number of rotatable bonds is 3. The molecule has 6 heteroatoms. The number of carboxylic acids is 1. The van der Waals surface area contributed by atoms with E-state index in [4.69, 9.17) is 5.11 Å². The Bertz CT molecular complexity index is 697. The van der Waals surface area contributed by atoms with Gasteiger partial charge in [-0.15, -0.1) is 0 Å². The molecule has 0 saturated carbocycles. The highest BCUT2D eigenvalue weighted by Crippen LogP contribution is 2.27. The van der Waals surface area contributed by atoms with E-state index in [0.29, 0.717) is 16.9 Å². The summed E-state index contributed by atoms with van der Waals surface area (Å²) in [7, 11) is 0. The van der Waals surface area contributed by atoms with Gasteiger partial charge in [-0.05, 0) is 48.9 Å². The zero-order chi connectivity index (χ0) is 16.7. The fourth-order valence-corrected chi connectivity index (χ4v) is 1.57. The van der Waals surface area contributed by atoms with E-state index in [1.54, 1.807) is 19.1 Å². The van der Waals surface area contributed by atoms with E-state index in [1.807, 2.05) is 13.8 Å². The summed E-state index contributed by atoms with van der Waals surface area (Å²) in [6, 6.07) is 8.68. The Balaban J connectivity index is 0.00000116. The Labute approximate surface area is 128 Å². The Morgan fingerprint density at radius 1 is 0.909 bits per heavy atom. The lowest BCUT2D eigenvalue weighted by Crippen LogP contribution is -1.95. The van der Waals surface area contributed by atoms with Crippen molar-refractivity contribution in [3.05, 3.63) is 47.5 Å². The predicted octanol–water partition coefficient (Wildman–Crippen LogP) is 4.55. The van der Waals surface area contributed by atoms with Gasteiger partial charge in [-0.25, -0.2) is 4.79 Å². The van der Waals surface area contributed by atoms with Crippen LogP contribution in [0.3, 0.4) is 0 Å². The van der Waals surface area contributed by atoms with E-state index < -0.39 is 5.97 Å². The van der Waals surface area contributed by atoms with Crippen LogP contribution in [0.4, 0.5) is 11.4 Å². The van der Waals surface area contributed by atoms with Crippen molar-refractivity contribution in [3.8, 4) is 11.5 Å². The minimum atomic E-state index is -1.24. The van der Waals surface area contributed by atoms with E-state index in [0.717, 1.165) is 0 Å². The van der Waals surface area contributed by atoms with Crippen LogP contribution in [-0.2, 0) is 0 Å². The number of phenolic OH excluding ortho intramolecular Hbond substituents is 1. The summed E-state index contributed by atoms with van der Waals surface area (Å²) in [6.07, 6.45) is 0. The highest BCUT2D eigenvalue weighted by atomic mass is 16.4. The Hall–Kier alpha value is -2.89. The van der Waals surface area contributed by atoms with Crippen LogP contribution in [-0.4, -0.2) is 21.3 Å². The number of aryl methyl sites for hydroxylation is 1. The van der Waals surface area contributed by atoms with Crippen molar-refractivity contribution in [2.75, 3.05) is 0 Å². The lowest BCUT2D eigenvalue weighted by atomic mass is 10.2. The van der Waals surface area contributed by atoms with Crippen molar-refractivity contribution in [2.45, 2.75) is 20.8 Å². The molecule has 0 amide bonds. The maximum atomic E-state index is 10.9. The van der Waals surface area contributed by atoms with Crippen molar-refractivity contribution in [2.24, 2.45) is 10.2 Å². The predicted molar refractivity (Wildman–Crippen MR) is 83.4 cm³/mol. The first kappa shape index (κ1) is 17.2. The normalized spacial score (nSPS) is 10.1. The molecule has 0 aliphatic carbocycles. The molecule has 2 aromatic rings. The average molecular weight is 302 g/mol. The molecule has 22 heavy (non-hydrogen) atoms. The van der Waals surface area contributed by atoms with Crippen LogP contribution in [0.2, 0.25) is 0 Å². The number of carbonyl (C=O) groups is 1. The van der Waals surface area contributed by atoms with Gasteiger partial charge in [0, 0.05) is 0 Å². The molecule has 0 aromatic heterocycles. The van der Waals surface area contributed by atoms with Crippen LogP contribution < -0.4 is 0 Å². The summed E-state index contributed by atoms with van der Waals surface area (Å²) in [5.74, 6) is -1.39. The first-order valence-corrected chi connectivity index (χ1v) is 6.75. The fraction of sp³-hybridized carbons (Fsp3) is 0.188. The van der Waals surface area contributed by atoms with Gasteiger partial charge >= 0.3 is 5.97 Å². The van der Waals surface area contributed by atoms with Gasteiger partial charge < -0.3 is 15.3 Å². The zero-order valence-corrected chi connectivity index (χ0v) is 12.6. The highest BCUT2D eigenvalue weighted by molar-refractivity contribution is 5.91. The molecule has 3 N–H and O–H groups in total. The monoisotopic (exact) mass is 302 g/mol. The summed E-state index contributed by atoms with van der Waals surface area (Å²) in [5.41, 5.74) is 1.28. The molecule has 0 spiro atoms. The maximum Gasteiger partial charge on any atom is 0.339 e. The quantitative estimate of drug-likeness (QED) is 0.724. The van der Waals surface area contributed by atoms with Crippen molar-refractivity contribution in [1.29, 1.82) is 0 Å². The summed E-state index contributed by atoms with van der Waals surface area (Å²) in [6.45, 7) is 5.73. The van der Waals surface area contributed by atoms with Crippen LogP contribution in [0.1, 0.15) is 29.8 Å². The highest BCUT2D eigenvalue weighted by Gasteiger charge is 2.09. The standard InChI is InChI=1S/C14H12N2O4.C2H6/c1-8-6-9(2-4-12(8)17)15-16-10-3-5-13(18)11(7-10)14(19)20;1-2/h2-7,17-18H,1H3,(H,19,20);1-2H3. The molecule has 2 aromatic carbocycles. The number of azo groups is 1. The molecular weight excluding hydrogens is 284 g/mol. The SMILES string of the molecule is CC.Cc1cc(N=Nc2ccc(O)c(C(=O)O)c2)ccc1O. The molecule has 6 nitrogen and oxygen atoms in total. The molecule has 0 atom stereocenters. The number of carboxylic acid groups (broad SMARTS) is 1. The second-order valence-corrected chi connectivity index (χ2v) is 4.18. The molecule has 2 rings (SSSR count). The van der Waals surface area contributed by atoms with Crippen molar-refractivity contribution in [3.63, 3.8) is 0 Å². The largest absolute Gasteiger partial charge is 0.508 e. The number of aromatic carboxylic acids is 1. The smallest absolute Gasteiger partial charge is 0.339 e. The average Bonchev–Trinajstić information content (AvgIpc) is 2.51. The second kappa shape index (κ2) is 7.78. The third-order valence-electron chi connectivity index (χ3n) is 2.67. The van der Waals surface area contributed by atoms with E-state index in [1.165, 1.54) is 24.3 Å². The Morgan fingerprint density at radius 2 is 1.41 bits per heavy atom. The van der Waals surface area contributed by atoms with Gasteiger partial charge in [-0.1, -0.05) is 13.8 Å². The first-order valence-electron chi connectivity index (χ1n) is 6.75. The van der Waals surface area contributed by atoms with Gasteiger partial charge in [0.1, 0.15) is 17.1 Å². The maximum absolute atomic E-state index is 10.9. The van der Waals surface area contributed by atoms with Crippen LogP contribution in [0.25, 0.3) is 0 Å². The van der Waals surface area contributed by atoms with Crippen LogP contribution in [0.5, 0.6) is 11.5 Å². The van der Waals surface area contributed by atoms with Crippen LogP contribution >= 0.6 is 0 Å². The summed E-state index contributed by atoms with van der Waals surface area (Å²) < 4.78 is 0. The molecule has 0 unspecified atom stereocenters. The number of hydrogen-bond acceptors (Lipinski definition) is 5. The van der Waals surface area contributed by atoms with Crippen molar-refractivity contribution in [1.82, 2.24) is 0 Å². The Morgan fingerprint density at radius 3 is 1.91 bits per heavy atom. The molecular formula is C16H18N2O4. The van der Waals surface area contributed by atoms with Crippen LogP contribution in [0.15, 0.2) is 46.6 Å². The minimum absolute atomic E-state index is 0.168. The molecule has 116 valence electrons. The number of phenols is 2. The zero-order valence-electron chi connectivity index (χ0n) is 12.6. The third kappa shape index (κ3) is 4.31. The molecule has 0 aliphatic heterocycles. The molecule has 0 radical (unpaired) electrons. The first-order chi connectivity index (χ1) is 10.5. The number of aromatic hydroxyl groups is 2. The Kier molecular flexibility index (Phi) is 6.07. The van der Waals surface area contributed by atoms with Gasteiger partial charge in [0.05, 0.1) is 11.4 Å². The van der Waals surface area contributed by atoms with Gasteiger partial charge in [-0.3, -0.25) is 0 Å². The number of benzene rings is 2. The number of hydrogen-bond donors (Lipinski definition) is 3. The van der Waals surface area contributed by atoms with Crippen molar-refractivity contribution >= 4 is 17.3 Å². The minimum Gasteiger partial charge on any atom is -0.508 e. The number of nitrogens with zero attached hydrogens (tertiary/aromatic N) is 2. The van der Waals surface area contributed by atoms with Crippen LogP contribution in [0, 0.1) is 6.92 Å². The molecule has 0 saturated heterocycles. The van der Waals surface area contributed by atoms with E-state index >= 15 is 0 Å². The summed E-state index contributed by atoms with van der Waals surface area (Å²) in [5, 5.41) is 35.5. The fourth-order valence-electron chi connectivity index (χ4n) is 1.57. The molecule has 0 bridgehead atoms. The lowest BCUT2D eigenvalue weighted by Gasteiger charge is -2.01. The van der Waals surface area contributed by atoms with E-state index in [-0.39, 0.29) is 17.1 Å². The molecule has 0 fully saturated rings. The lowest BCUT2D eigenvalue weighted by molar-refractivity contribution is 0.0694. The summed E-state index contributed by atoms with van der Waals surface area (Å²) in [4.78, 5) is 10.9. The van der Waals surface area contributed by atoms with Gasteiger partial charge in [0.2, 0.25) is 0 Å². The van der Waals surface area contributed by atoms with E-state index in [2.05, 4.69) is 10.2 Å². The summed E-state index contributed by atoms with van der Waals surface area (Å²) >= 11 is 0. The van der Waals surface area contributed by atoms with Crippen molar-refractivity contribution < 1.29 is 20.1 Å². The third-order valence-corrected chi connectivity index (χ3v) is 2.67. The van der Waals surface area contributed by atoms with Gasteiger partial charge in [0.25, 0.3) is 0 Å². The molecule has 0 heterocycles. The molecule has 0 aliphatic rings. The van der Waals surface area contributed by atoms with E-state index in [9.17, 15) is 15.0 Å². The van der Waals surface area contributed by atoms with Gasteiger partial charge in [0.15, 0.2) is 0 Å². The topological polar surface area (TPSA) is 102 Å².